The van der Waals surface area contributed by atoms with Gasteiger partial charge in [-0.25, -0.2) is 0 Å². The van der Waals surface area contributed by atoms with Gasteiger partial charge in [0.25, 0.3) is 0 Å². The van der Waals surface area contributed by atoms with Gasteiger partial charge in [0.2, 0.25) is 0 Å². The Morgan fingerprint density at radius 3 is 2.86 bits per heavy atom. The Hall–Kier alpha value is -0.820. The Bertz CT molecular complexity index is 293. The van der Waals surface area contributed by atoms with Gasteiger partial charge < -0.3 is 5.32 Å². The van der Waals surface area contributed by atoms with Gasteiger partial charge in [-0.1, -0.05) is 24.3 Å². The van der Waals surface area contributed by atoms with Gasteiger partial charge in [0, 0.05) is 0 Å². The first-order chi connectivity index (χ1) is 6.90. The molecule has 76 valence electrons. The maximum atomic E-state index is 3.24. The first-order valence-corrected chi connectivity index (χ1v) is 5.61. The van der Waals surface area contributed by atoms with E-state index in [2.05, 4.69) is 29.6 Å². The van der Waals surface area contributed by atoms with Gasteiger partial charge in [-0.05, 0) is 56.3 Å². The van der Waals surface area contributed by atoms with E-state index < -0.39 is 0 Å². The number of benzene rings is 1. The lowest BCUT2D eigenvalue weighted by atomic mass is 9.82. The van der Waals surface area contributed by atoms with Gasteiger partial charge in [-0.15, -0.1) is 0 Å². The minimum absolute atomic E-state index is 0.900. The highest BCUT2D eigenvalue weighted by Crippen LogP contribution is 2.26. The fraction of sp³-hybridized carbons (Fsp3) is 0.538. The Balaban J connectivity index is 1.99. The van der Waals surface area contributed by atoms with Gasteiger partial charge in [0.15, 0.2) is 0 Å². The molecule has 0 heterocycles. The van der Waals surface area contributed by atoms with Crippen molar-refractivity contribution in [3.63, 3.8) is 0 Å². The normalized spacial score (nSPS) is 20.5. The summed E-state index contributed by atoms with van der Waals surface area (Å²) in [4.78, 5) is 0. The Labute approximate surface area is 86.5 Å². The summed E-state index contributed by atoms with van der Waals surface area (Å²) in [5.41, 5.74) is 3.16. The van der Waals surface area contributed by atoms with Gasteiger partial charge in [-0.3, -0.25) is 0 Å². The van der Waals surface area contributed by atoms with E-state index in [1.807, 2.05) is 7.05 Å². The topological polar surface area (TPSA) is 12.0 Å². The molecule has 0 bridgehead atoms. The molecule has 0 fully saturated rings. The number of rotatable bonds is 3. The molecule has 1 aliphatic rings. The third-order valence-corrected chi connectivity index (χ3v) is 3.25. The van der Waals surface area contributed by atoms with Crippen molar-refractivity contribution in [3.8, 4) is 0 Å². The molecular formula is C13H19N. The monoisotopic (exact) mass is 189 g/mol. The summed E-state index contributed by atoms with van der Waals surface area (Å²) < 4.78 is 0. The van der Waals surface area contributed by atoms with E-state index in [9.17, 15) is 0 Å². The molecule has 1 aromatic rings. The van der Waals surface area contributed by atoms with Crippen LogP contribution in [0.25, 0.3) is 0 Å². The summed E-state index contributed by atoms with van der Waals surface area (Å²) in [6.07, 6.45) is 5.27. The fourth-order valence-corrected chi connectivity index (χ4v) is 2.37. The summed E-state index contributed by atoms with van der Waals surface area (Å²) in [5.74, 6) is 0.900. The molecule has 1 aromatic carbocycles. The van der Waals surface area contributed by atoms with Crippen molar-refractivity contribution in [1.29, 1.82) is 0 Å². The maximum absolute atomic E-state index is 3.24. The second-order valence-electron chi connectivity index (χ2n) is 4.27. The van der Waals surface area contributed by atoms with E-state index in [0.29, 0.717) is 0 Å². The highest BCUT2D eigenvalue weighted by Gasteiger charge is 2.17. The molecule has 1 heteroatoms. The predicted octanol–water partition coefficient (Wildman–Crippen LogP) is 2.40. The van der Waals surface area contributed by atoms with Crippen LogP contribution in [0.3, 0.4) is 0 Å². The SMILES string of the molecule is CNCCC1CCc2ccccc2C1. The Morgan fingerprint density at radius 1 is 1.29 bits per heavy atom. The molecule has 2 rings (SSSR count). The first-order valence-electron chi connectivity index (χ1n) is 5.61. The largest absolute Gasteiger partial charge is 0.320 e. The van der Waals surface area contributed by atoms with Crippen LogP contribution in [0.15, 0.2) is 24.3 Å². The van der Waals surface area contributed by atoms with Gasteiger partial charge >= 0.3 is 0 Å². The van der Waals surface area contributed by atoms with Crippen LogP contribution in [0.1, 0.15) is 24.0 Å². The van der Waals surface area contributed by atoms with Crippen molar-refractivity contribution in [3.05, 3.63) is 35.4 Å². The number of aryl methyl sites for hydroxylation is 1. The molecule has 0 spiro atoms. The zero-order valence-electron chi connectivity index (χ0n) is 8.92. The number of hydrogen-bond donors (Lipinski definition) is 1. The molecule has 1 atom stereocenters. The van der Waals surface area contributed by atoms with Crippen LogP contribution in [-0.4, -0.2) is 13.6 Å². The molecule has 1 aliphatic carbocycles. The van der Waals surface area contributed by atoms with E-state index in [1.54, 1.807) is 11.1 Å². The van der Waals surface area contributed by atoms with Crippen LogP contribution < -0.4 is 5.32 Å². The second-order valence-corrected chi connectivity index (χ2v) is 4.27. The van der Waals surface area contributed by atoms with E-state index in [-0.39, 0.29) is 0 Å². The zero-order chi connectivity index (χ0) is 9.80. The summed E-state index contributed by atoms with van der Waals surface area (Å²) >= 11 is 0. The van der Waals surface area contributed by atoms with Crippen LogP contribution in [0, 0.1) is 5.92 Å². The Morgan fingerprint density at radius 2 is 2.07 bits per heavy atom. The first kappa shape index (κ1) is 9.72. The van der Waals surface area contributed by atoms with Crippen molar-refractivity contribution in [2.24, 2.45) is 5.92 Å². The second kappa shape index (κ2) is 4.61. The van der Waals surface area contributed by atoms with Crippen LogP contribution in [-0.2, 0) is 12.8 Å². The fourth-order valence-electron chi connectivity index (χ4n) is 2.37. The van der Waals surface area contributed by atoms with Crippen molar-refractivity contribution in [2.75, 3.05) is 13.6 Å². The van der Waals surface area contributed by atoms with Crippen molar-refractivity contribution in [2.45, 2.75) is 25.7 Å². The standard InChI is InChI=1S/C13H19N/c1-14-9-8-11-6-7-12-4-2-3-5-13(12)10-11/h2-5,11,14H,6-10H2,1H3. The van der Waals surface area contributed by atoms with Gasteiger partial charge in [-0.2, -0.15) is 0 Å². The lowest BCUT2D eigenvalue weighted by Crippen LogP contribution is -2.19. The summed E-state index contributed by atoms with van der Waals surface area (Å²) in [5, 5.41) is 3.24. The summed E-state index contributed by atoms with van der Waals surface area (Å²) in [6, 6.07) is 8.90. The molecule has 1 N–H and O–H groups in total. The molecule has 0 saturated heterocycles. The summed E-state index contributed by atoms with van der Waals surface area (Å²) in [7, 11) is 2.04. The van der Waals surface area contributed by atoms with Crippen LogP contribution in [0.2, 0.25) is 0 Å². The molecule has 14 heavy (non-hydrogen) atoms. The minimum atomic E-state index is 0.900. The van der Waals surface area contributed by atoms with Crippen LogP contribution in [0.4, 0.5) is 0 Å². The van der Waals surface area contributed by atoms with Crippen molar-refractivity contribution in [1.82, 2.24) is 5.32 Å². The molecular weight excluding hydrogens is 170 g/mol. The third-order valence-electron chi connectivity index (χ3n) is 3.25. The lowest BCUT2D eigenvalue weighted by molar-refractivity contribution is 0.421. The van der Waals surface area contributed by atoms with Crippen molar-refractivity contribution >= 4 is 0 Å². The van der Waals surface area contributed by atoms with Gasteiger partial charge in [0.05, 0.1) is 0 Å². The lowest BCUT2D eigenvalue weighted by Gasteiger charge is -2.24. The average molecular weight is 189 g/mol. The predicted molar refractivity (Wildman–Crippen MR) is 60.5 cm³/mol. The minimum Gasteiger partial charge on any atom is -0.320 e. The zero-order valence-corrected chi connectivity index (χ0v) is 8.92. The van der Waals surface area contributed by atoms with E-state index >= 15 is 0 Å². The average Bonchev–Trinajstić information content (AvgIpc) is 2.26. The molecule has 1 unspecified atom stereocenters. The quantitative estimate of drug-likeness (QED) is 0.770. The third kappa shape index (κ3) is 2.16. The van der Waals surface area contributed by atoms with Crippen LogP contribution >= 0.6 is 0 Å². The molecule has 0 aliphatic heterocycles. The smallest absolute Gasteiger partial charge is 0.00492 e. The molecule has 0 saturated carbocycles. The highest BCUT2D eigenvalue weighted by molar-refractivity contribution is 5.29. The molecule has 0 radical (unpaired) electrons. The maximum Gasteiger partial charge on any atom is -0.00492 e. The van der Waals surface area contributed by atoms with E-state index in [0.717, 1.165) is 12.5 Å². The Kier molecular flexibility index (Phi) is 3.20. The number of nitrogens with one attached hydrogen (secondary N) is 1. The van der Waals surface area contributed by atoms with E-state index in [1.165, 1.54) is 25.7 Å². The van der Waals surface area contributed by atoms with E-state index in [4.69, 9.17) is 0 Å². The summed E-state index contributed by atoms with van der Waals surface area (Å²) in [6.45, 7) is 1.16. The molecule has 1 nitrogen and oxygen atoms in total. The highest BCUT2D eigenvalue weighted by atomic mass is 14.8. The van der Waals surface area contributed by atoms with Crippen molar-refractivity contribution < 1.29 is 0 Å². The number of hydrogen-bond acceptors (Lipinski definition) is 1. The molecule has 0 aromatic heterocycles. The number of fused-ring (bicyclic) bond motifs is 1. The van der Waals surface area contributed by atoms with Gasteiger partial charge in [0.1, 0.15) is 0 Å². The molecule has 0 amide bonds. The van der Waals surface area contributed by atoms with Crippen LogP contribution in [0.5, 0.6) is 0 Å².